The molecule has 116 valence electrons. The van der Waals surface area contributed by atoms with Crippen LogP contribution in [0.5, 0.6) is 0 Å². The fraction of sp³-hybridized carbons (Fsp3) is 0.0667. The summed E-state index contributed by atoms with van der Waals surface area (Å²) < 4.78 is 10.1. The summed E-state index contributed by atoms with van der Waals surface area (Å²) in [5, 5.41) is 6.31. The smallest absolute Gasteiger partial charge is 0.259 e. The van der Waals surface area contributed by atoms with E-state index in [0.29, 0.717) is 11.3 Å². The molecular weight excluding hydrogens is 300 g/mol. The minimum Gasteiger partial charge on any atom is -0.465 e. The molecule has 8 heteroatoms. The predicted molar refractivity (Wildman–Crippen MR) is 79.9 cm³/mol. The minimum atomic E-state index is -0.335. The van der Waals surface area contributed by atoms with Gasteiger partial charge in [-0.1, -0.05) is 5.16 Å². The van der Waals surface area contributed by atoms with Crippen LogP contribution in [0.15, 0.2) is 56.5 Å². The summed E-state index contributed by atoms with van der Waals surface area (Å²) in [5.41, 5.74) is -0.0168. The normalized spacial score (nSPS) is 11.0. The second kappa shape index (κ2) is 6.56. The van der Waals surface area contributed by atoms with E-state index in [1.54, 1.807) is 24.3 Å². The minimum absolute atomic E-state index is 0.0546. The zero-order chi connectivity index (χ0) is 16.1. The van der Waals surface area contributed by atoms with Crippen molar-refractivity contribution in [3.8, 4) is 11.4 Å². The third-order valence-corrected chi connectivity index (χ3v) is 2.88. The summed E-state index contributed by atoms with van der Waals surface area (Å²) in [7, 11) is 0. The van der Waals surface area contributed by atoms with Gasteiger partial charge in [-0.25, -0.2) is 0 Å². The Labute approximate surface area is 129 Å². The number of nitrogens with zero attached hydrogens (tertiary/aromatic N) is 2. The summed E-state index contributed by atoms with van der Waals surface area (Å²) in [6.07, 6.45) is 5.90. The zero-order valence-corrected chi connectivity index (χ0v) is 11.9. The van der Waals surface area contributed by atoms with Gasteiger partial charge in [-0.2, -0.15) is 4.98 Å². The maximum Gasteiger partial charge on any atom is 0.259 e. The predicted octanol–water partition coefficient (Wildman–Crippen LogP) is 1.35. The molecule has 0 fully saturated rings. The monoisotopic (exact) mass is 312 g/mol. The second-order valence-corrected chi connectivity index (χ2v) is 4.49. The van der Waals surface area contributed by atoms with Gasteiger partial charge in [0.2, 0.25) is 17.6 Å². The highest BCUT2D eigenvalue weighted by Gasteiger charge is 2.11. The highest BCUT2D eigenvalue weighted by atomic mass is 16.5. The maximum atomic E-state index is 11.7. The van der Waals surface area contributed by atoms with Crippen LogP contribution in [-0.4, -0.2) is 21.0 Å². The highest BCUT2D eigenvalue weighted by molar-refractivity contribution is 5.91. The molecule has 3 heterocycles. The third-order valence-electron chi connectivity index (χ3n) is 2.88. The van der Waals surface area contributed by atoms with Gasteiger partial charge < -0.3 is 19.2 Å². The van der Waals surface area contributed by atoms with Crippen LogP contribution in [0, 0.1) is 0 Å². The molecule has 0 aliphatic rings. The van der Waals surface area contributed by atoms with Gasteiger partial charge in [-0.15, -0.1) is 0 Å². The quantitative estimate of drug-likeness (QED) is 0.687. The lowest BCUT2D eigenvalue weighted by atomic mass is 10.3. The maximum absolute atomic E-state index is 11.7. The molecule has 1 amide bonds. The van der Waals surface area contributed by atoms with Gasteiger partial charge in [0.25, 0.3) is 5.56 Å². The van der Waals surface area contributed by atoms with E-state index in [9.17, 15) is 9.59 Å². The van der Waals surface area contributed by atoms with Crippen molar-refractivity contribution in [3.05, 3.63) is 64.8 Å². The molecule has 0 aromatic carbocycles. The van der Waals surface area contributed by atoms with Gasteiger partial charge in [0.15, 0.2) is 0 Å². The molecule has 0 bridgehead atoms. The van der Waals surface area contributed by atoms with Crippen molar-refractivity contribution in [3.63, 3.8) is 0 Å². The van der Waals surface area contributed by atoms with E-state index >= 15 is 0 Å². The van der Waals surface area contributed by atoms with Crippen molar-refractivity contribution >= 4 is 12.0 Å². The Kier molecular flexibility index (Phi) is 4.14. The largest absolute Gasteiger partial charge is 0.465 e. The summed E-state index contributed by atoms with van der Waals surface area (Å²) in [6, 6.07) is 6.69. The van der Waals surface area contributed by atoms with Gasteiger partial charge >= 0.3 is 0 Å². The molecular formula is C15H12N4O4. The van der Waals surface area contributed by atoms with Crippen molar-refractivity contribution in [2.24, 2.45) is 0 Å². The molecule has 0 aliphatic heterocycles. The molecule has 0 radical (unpaired) electrons. The fourth-order valence-electron chi connectivity index (χ4n) is 1.80. The average Bonchev–Trinajstić information content (AvgIpc) is 3.23. The summed E-state index contributed by atoms with van der Waals surface area (Å²) >= 11 is 0. The Morgan fingerprint density at radius 1 is 1.35 bits per heavy atom. The molecule has 0 unspecified atom stereocenters. The van der Waals surface area contributed by atoms with E-state index in [0.717, 1.165) is 0 Å². The number of H-pyrrole nitrogens is 1. The number of aromatic amines is 1. The number of furan rings is 1. The topological polar surface area (TPSA) is 114 Å². The lowest BCUT2D eigenvalue weighted by Crippen LogP contribution is -2.20. The van der Waals surface area contributed by atoms with Crippen LogP contribution in [-0.2, 0) is 11.3 Å². The van der Waals surface area contributed by atoms with Gasteiger partial charge in [-0.05, 0) is 30.3 Å². The Bertz CT molecular complexity index is 877. The van der Waals surface area contributed by atoms with Gasteiger partial charge in [0.05, 0.1) is 18.4 Å². The van der Waals surface area contributed by atoms with Crippen LogP contribution in [0.2, 0.25) is 0 Å². The van der Waals surface area contributed by atoms with E-state index in [1.165, 1.54) is 24.6 Å². The van der Waals surface area contributed by atoms with E-state index in [1.807, 2.05) is 0 Å². The lowest BCUT2D eigenvalue weighted by molar-refractivity contribution is -0.116. The summed E-state index contributed by atoms with van der Waals surface area (Å²) in [4.78, 5) is 29.9. The Hall–Kier alpha value is -3.42. The van der Waals surface area contributed by atoms with Crippen LogP contribution in [0.3, 0.4) is 0 Å². The number of nitrogens with one attached hydrogen (secondary N) is 2. The van der Waals surface area contributed by atoms with Crippen molar-refractivity contribution in [2.75, 3.05) is 0 Å². The zero-order valence-electron chi connectivity index (χ0n) is 11.9. The van der Waals surface area contributed by atoms with E-state index < -0.39 is 0 Å². The summed E-state index contributed by atoms with van der Waals surface area (Å²) in [6.45, 7) is 0.0546. The van der Waals surface area contributed by atoms with Crippen molar-refractivity contribution < 1.29 is 13.7 Å². The highest BCUT2D eigenvalue weighted by Crippen LogP contribution is 2.10. The first-order chi connectivity index (χ1) is 11.2. The van der Waals surface area contributed by atoms with Gasteiger partial charge in [0, 0.05) is 12.3 Å². The van der Waals surface area contributed by atoms with Crippen molar-refractivity contribution in [1.82, 2.24) is 20.4 Å². The van der Waals surface area contributed by atoms with E-state index in [4.69, 9.17) is 8.94 Å². The molecule has 0 atom stereocenters. The van der Waals surface area contributed by atoms with Gasteiger partial charge in [0.1, 0.15) is 5.76 Å². The number of carbonyl (C=O) groups excluding carboxylic acids is 1. The Balaban J connectivity index is 1.60. The first-order valence-corrected chi connectivity index (χ1v) is 6.72. The summed E-state index contributed by atoms with van der Waals surface area (Å²) in [5.74, 6) is 0.604. The number of hydrogen-bond acceptors (Lipinski definition) is 6. The van der Waals surface area contributed by atoms with E-state index in [-0.39, 0.29) is 29.7 Å². The number of aromatic nitrogens is 3. The molecule has 2 N–H and O–H groups in total. The van der Waals surface area contributed by atoms with Crippen molar-refractivity contribution in [2.45, 2.75) is 6.54 Å². The van der Waals surface area contributed by atoms with E-state index in [2.05, 4.69) is 20.4 Å². The lowest BCUT2D eigenvalue weighted by Gasteiger charge is -1.96. The molecule has 8 nitrogen and oxygen atoms in total. The first-order valence-electron chi connectivity index (χ1n) is 6.72. The van der Waals surface area contributed by atoms with Crippen LogP contribution in [0.25, 0.3) is 17.5 Å². The first kappa shape index (κ1) is 14.5. The van der Waals surface area contributed by atoms with Crippen LogP contribution < -0.4 is 10.9 Å². The van der Waals surface area contributed by atoms with Gasteiger partial charge in [-0.3, -0.25) is 9.59 Å². The van der Waals surface area contributed by atoms with Crippen LogP contribution in [0.4, 0.5) is 0 Å². The average molecular weight is 312 g/mol. The molecule has 0 spiro atoms. The Morgan fingerprint density at radius 2 is 2.26 bits per heavy atom. The number of carbonyl (C=O) groups is 1. The molecule has 0 saturated carbocycles. The number of amides is 1. The standard InChI is InChI=1S/C15H12N4O4/c20-12(6-5-10-3-2-8-22-10)17-9-13-18-14(19-23-13)11-4-1-7-16-15(11)21/h1-8H,9H2,(H,16,21)(H,17,20). The van der Waals surface area contributed by atoms with Crippen LogP contribution in [0.1, 0.15) is 11.7 Å². The SMILES string of the molecule is O=C(C=Cc1ccco1)NCc1nc(-c2ccc[nH]c2=O)no1. The molecule has 3 aromatic rings. The molecule has 0 aliphatic carbocycles. The number of hydrogen-bond donors (Lipinski definition) is 2. The number of rotatable bonds is 5. The Morgan fingerprint density at radius 3 is 3.04 bits per heavy atom. The molecule has 3 aromatic heterocycles. The molecule has 0 saturated heterocycles. The molecule has 23 heavy (non-hydrogen) atoms. The number of pyridine rings is 1. The van der Waals surface area contributed by atoms with Crippen molar-refractivity contribution in [1.29, 1.82) is 0 Å². The van der Waals surface area contributed by atoms with Crippen LogP contribution >= 0.6 is 0 Å². The second-order valence-electron chi connectivity index (χ2n) is 4.49. The molecule has 3 rings (SSSR count). The fourth-order valence-corrected chi connectivity index (χ4v) is 1.80. The third kappa shape index (κ3) is 3.62.